The lowest BCUT2D eigenvalue weighted by Crippen LogP contribution is -2.67. The number of carbonyl (C=O) groups is 1. The van der Waals surface area contributed by atoms with Crippen LogP contribution < -0.4 is 20.4 Å². The third-order valence-corrected chi connectivity index (χ3v) is 15.1. The molecule has 0 fully saturated rings. The normalized spacial score (nSPS) is 16.5. The van der Waals surface area contributed by atoms with E-state index in [4.69, 9.17) is 13.6 Å². The van der Waals surface area contributed by atoms with Gasteiger partial charge in [-0.2, -0.15) is 0 Å². The fourth-order valence-electron chi connectivity index (χ4n) is 7.65. The Morgan fingerprint density at radius 1 is 0.745 bits per heavy atom. The monoisotopic (exact) mass is 692 g/mol. The minimum Gasteiger partial charge on any atom is -0.497 e. The molecule has 0 bridgehead atoms. The van der Waals surface area contributed by atoms with Crippen LogP contribution in [-0.4, -0.2) is 32.8 Å². The van der Waals surface area contributed by atoms with Crippen molar-refractivity contribution in [2.45, 2.75) is 44.1 Å². The Kier molecular flexibility index (Phi) is 9.53. The molecular weight excluding hydrogens is 649 g/mol. The van der Waals surface area contributed by atoms with Crippen LogP contribution in [0, 0.1) is 0 Å². The van der Waals surface area contributed by atoms with E-state index in [2.05, 4.69) is 117 Å². The van der Waals surface area contributed by atoms with Crippen molar-refractivity contribution < 1.29 is 18.4 Å². The topological polar surface area (TPSA) is 63.9 Å². The summed E-state index contributed by atoms with van der Waals surface area (Å²) < 4.78 is 19.3. The van der Waals surface area contributed by atoms with E-state index in [0.717, 1.165) is 22.4 Å². The fraction of sp³-hybridized carbons (Fsp3) is 0.205. The summed E-state index contributed by atoms with van der Waals surface area (Å²) in [4.78, 5) is 16.3. The number of rotatable bonds is 12. The molecule has 1 aliphatic heterocycles. The van der Waals surface area contributed by atoms with Crippen molar-refractivity contribution in [1.82, 2.24) is 10.2 Å². The van der Waals surface area contributed by atoms with E-state index in [1.807, 2.05) is 65.6 Å². The molecule has 51 heavy (non-hydrogen) atoms. The van der Waals surface area contributed by atoms with Crippen LogP contribution in [0.4, 0.5) is 0 Å². The van der Waals surface area contributed by atoms with Crippen LogP contribution in [0.25, 0.3) is 0 Å². The maximum atomic E-state index is 14.4. The van der Waals surface area contributed by atoms with Gasteiger partial charge in [-0.05, 0) is 56.9 Å². The van der Waals surface area contributed by atoms with Gasteiger partial charge in [-0.25, -0.2) is 0 Å². The fourth-order valence-corrected chi connectivity index (χ4v) is 12.3. The Hall–Kier alpha value is -5.21. The average Bonchev–Trinajstić information content (AvgIpc) is 3.77. The first kappa shape index (κ1) is 34.2. The number of hydrogen-bond acceptors (Lipinski definition) is 5. The molecule has 2 heterocycles. The molecule has 0 saturated heterocycles. The zero-order valence-electron chi connectivity index (χ0n) is 29.6. The summed E-state index contributed by atoms with van der Waals surface area (Å²) in [5, 5.41) is 6.13. The molecule has 2 atom stereocenters. The SMILES string of the molecule is COc1ccc([C@H](CNC2(c3ccccc3)c3ccccc3C(=O)N2Cc2ccco2)O[Si](c2ccccc2)(c2ccccc2)C(C)(C)C)cc1. The van der Waals surface area contributed by atoms with Gasteiger partial charge in [-0.15, -0.1) is 0 Å². The van der Waals surface area contributed by atoms with Crippen LogP contribution in [0.15, 0.2) is 162 Å². The van der Waals surface area contributed by atoms with Gasteiger partial charge in [0.25, 0.3) is 14.2 Å². The molecule has 6 aromatic rings. The van der Waals surface area contributed by atoms with Crippen LogP contribution in [0.1, 0.15) is 59.7 Å². The average molecular weight is 693 g/mol. The minimum absolute atomic E-state index is 0.0627. The lowest BCUT2D eigenvalue weighted by molar-refractivity contribution is 0.0456. The second kappa shape index (κ2) is 14.2. The van der Waals surface area contributed by atoms with E-state index in [1.165, 1.54) is 10.4 Å². The number of carbonyl (C=O) groups excluding carboxylic acids is 1. The number of benzene rings is 5. The van der Waals surface area contributed by atoms with Crippen LogP contribution >= 0.6 is 0 Å². The number of amides is 1. The number of nitrogens with zero attached hydrogens (tertiary/aromatic N) is 1. The van der Waals surface area contributed by atoms with Crippen molar-refractivity contribution in [3.8, 4) is 5.75 Å². The minimum atomic E-state index is -3.02. The number of fused-ring (bicyclic) bond motifs is 1. The molecule has 0 radical (unpaired) electrons. The Labute approximate surface area is 301 Å². The number of ether oxygens (including phenoxy) is 1. The van der Waals surface area contributed by atoms with Crippen molar-refractivity contribution in [1.29, 1.82) is 0 Å². The quantitative estimate of drug-likeness (QED) is 0.132. The molecule has 5 aromatic carbocycles. The summed E-state index contributed by atoms with van der Waals surface area (Å²) in [6.45, 7) is 7.55. The molecule has 1 aliphatic rings. The van der Waals surface area contributed by atoms with Crippen molar-refractivity contribution in [2.75, 3.05) is 13.7 Å². The molecule has 1 amide bonds. The van der Waals surface area contributed by atoms with Gasteiger partial charge in [0.05, 0.1) is 26.0 Å². The summed E-state index contributed by atoms with van der Waals surface area (Å²) in [5.41, 5.74) is 2.51. The van der Waals surface area contributed by atoms with Crippen molar-refractivity contribution in [3.63, 3.8) is 0 Å². The lowest BCUT2D eigenvalue weighted by Gasteiger charge is -2.46. The maximum Gasteiger partial charge on any atom is 0.261 e. The van der Waals surface area contributed by atoms with Crippen LogP contribution in [-0.2, 0) is 16.6 Å². The van der Waals surface area contributed by atoms with E-state index in [9.17, 15) is 4.79 Å². The smallest absolute Gasteiger partial charge is 0.261 e. The largest absolute Gasteiger partial charge is 0.497 e. The van der Waals surface area contributed by atoms with Crippen LogP contribution in [0.3, 0.4) is 0 Å². The molecule has 0 aliphatic carbocycles. The van der Waals surface area contributed by atoms with Gasteiger partial charge in [0, 0.05) is 17.7 Å². The van der Waals surface area contributed by atoms with E-state index >= 15 is 0 Å². The zero-order valence-corrected chi connectivity index (χ0v) is 30.6. The van der Waals surface area contributed by atoms with Gasteiger partial charge in [0.2, 0.25) is 0 Å². The zero-order chi connectivity index (χ0) is 35.5. The molecule has 7 rings (SSSR count). The summed E-state index contributed by atoms with van der Waals surface area (Å²) in [5.74, 6) is 1.41. The predicted molar refractivity (Wildman–Crippen MR) is 205 cm³/mol. The molecular formula is C44H44N2O4Si. The summed E-state index contributed by atoms with van der Waals surface area (Å²) in [7, 11) is -1.34. The third kappa shape index (κ3) is 6.22. The van der Waals surface area contributed by atoms with Crippen LogP contribution in [0.2, 0.25) is 5.04 Å². The van der Waals surface area contributed by atoms with E-state index in [-0.39, 0.29) is 17.5 Å². The number of hydrogen-bond donors (Lipinski definition) is 1. The van der Waals surface area contributed by atoms with E-state index in [1.54, 1.807) is 13.4 Å². The Bertz CT molecular complexity index is 2010. The molecule has 1 unspecified atom stereocenters. The summed E-state index contributed by atoms with van der Waals surface area (Å²) >= 11 is 0. The molecule has 7 heteroatoms. The first-order chi connectivity index (χ1) is 24.8. The number of furan rings is 1. The van der Waals surface area contributed by atoms with Crippen molar-refractivity contribution in [3.05, 3.63) is 186 Å². The molecule has 6 nitrogen and oxygen atoms in total. The lowest BCUT2D eigenvalue weighted by atomic mass is 9.90. The highest BCUT2D eigenvalue weighted by Crippen LogP contribution is 2.45. The van der Waals surface area contributed by atoms with E-state index < -0.39 is 20.1 Å². The Morgan fingerprint density at radius 3 is 1.90 bits per heavy atom. The molecule has 258 valence electrons. The predicted octanol–water partition coefficient (Wildman–Crippen LogP) is 8.05. The maximum absolute atomic E-state index is 14.4. The van der Waals surface area contributed by atoms with Gasteiger partial charge in [0.1, 0.15) is 17.2 Å². The summed E-state index contributed by atoms with van der Waals surface area (Å²) in [6, 6.07) is 51.4. The Balaban J connectivity index is 1.40. The van der Waals surface area contributed by atoms with Crippen LogP contribution in [0.5, 0.6) is 5.75 Å². The standard InChI is InChI=1S/C44H44N2O4Si/c1-43(2,3)51(37-20-10-6-11-21-37,38-22-12-7-13-23-38)50-41(33-26-28-35(48-4)29-27-33)31-45-44(34-17-8-5-9-18-34)40-25-15-14-24-39(40)42(47)46(44)32-36-19-16-30-49-36/h5-30,41,45H,31-32H2,1-4H3/t41-,44?/m0/s1. The first-order valence-electron chi connectivity index (χ1n) is 17.4. The summed E-state index contributed by atoms with van der Waals surface area (Å²) in [6.07, 6.45) is 1.23. The second-order valence-electron chi connectivity index (χ2n) is 14.0. The highest BCUT2D eigenvalue weighted by Gasteiger charge is 2.54. The van der Waals surface area contributed by atoms with Gasteiger partial charge in [0.15, 0.2) is 0 Å². The second-order valence-corrected chi connectivity index (χ2v) is 18.3. The number of nitrogens with one attached hydrogen (secondary N) is 1. The highest BCUT2D eigenvalue weighted by atomic mass is 28.4. The first-order valence-corrected chi connectivity index (χ1v) is 19.4. The van der Waals surface area contributed by atoms with Gasteiger partial charge in [-0.1, -0.05) is 142 Å². The third-order valence-electron chi connectivity index (χ3n) is 10.0. The number of methoxy groups -OCH3 is 1. The molecule has 0 saturated carbocycles. The molecule has 1 N–H and O–H groups in total. The van der Waals surface area contributed by atoms with Crippen molar-refractivity contribution in [2.24, 2.45) is 0 Å². The Morgan fingerprint density at radius 2 is 1.33 bits per heavy atom. The van der Waals surface area contributed by atoms with Gasteiger partial charge in [-0.3, -0.25) is 10.1 Å². The van der Waals surface area contributed by atoms with E-state index in [0.29, 0.717) is 17.9 Å². The van der Waals surface area contributed by atoms with Crippen molar-refractivity contribution >= 4 is 24.6 Å². The molecule has 0 spiro atoms. The highest BCUT2D eigenvalue weighted by molar-refractivity contribution is 6.99. The van der Waals surface area contributed by atoms with Gasteiger partial charge < -0.3 is 18.5 Å². The molecule has 1 aromatic heterocycles. The van der Waals surface area contributed by atoms with Gasteiger partial charge >= 0.3 is 0 Å².